The standard InChI is InChI=1S/C17H24N2O2/c1-4-11-19(13-12-18(2)3)17(21)16-10-6-5-8-15(16)9-7-14-20/h5-6,8,10,20H,4,11-14H2,1-3H3. The van der Waals surface area contributed by atoms with Gasteiger partial charge < -0.3 is 14.9 Å². The summed E-state index contributed by atoms with van der Waals surface area (Å²) in [6.45, 7) is 4.11. The second kappa shape index (κ2) is 9.17. The zero-order chi connectivity index (χ0) is 15.7. The largest absolute Gasteiger partial charge is 0.384 e. The quantitative estimate of drug-likeness (QED) is 0.806. The molecule has 21 heavy (non-hydrogen) atoms. The average Bonchev–Trinajstić information content (AvgIpc) is 2.48. The van der Waals surface area contributed by atoms with E-state index < -0.39 is 0 Å². The predicted molar refractivity (Wildman–Crippen MR) is 85.2 cm³/mol. The minimum absolute atomic E-state index is 0.00143. The summed E-state index contributed by atoms with van der Waals surface area (Å²) in [6, 6.07) is 7.30. The molecule has 0 spiro atoms. The molecule has 0 saturated carbocycles. The van der Waals surface area contributed by atoms with Crippen LogP contribution in [0, 0.1) is 11.8 Å². The molecule has 4 nitrogen and oxygen atoms in total. The molecule has 0 aliphatic heterocycles. The molecule has 0 aliphatic carbocycles. The zero-order valence-corrected chi connectivity index (χ0v) is 13.1. The third-order valence-corrected chi connectivity index (χ3v) is 3.06. The fourth-order valence-corrected chi connectivity index (χ4v) is 1.99. The van der Waals surface area contributed by atoms with Crippen molar-refractivity contribution in [3.8, 4) is 11.8 Å². The number of carbonyl (C=O) groups is 1. The number of aliphatic hydroxyl groups is 1. The Bertz CT molecular complexity index is 515. The number of amides is 1. The second-order valence-electron chi connectivity index (χ2n) is 5.10. The van der Waals surface area contributed by atoms with Gasteiger partial charge >= 0.3 is 0 Å². The van der Waals surface area contributed by atoms with E-state index in [-0.39, 0.29) is 12.5 Å². The van der Waals surface area contributed by atoms with Gasteiger partial charge in [0, 0.05) is 25.2 Å². The predicted octanol–water partition coefficient (Wildman–Crippen LogP) is 1.44. The van der Waals surface area contributed by atoms with Gasteiger partial charge in [0.05, 0.1) is 5.56 Å². The Labute approximate surface area is 127 Å². The summed E-state index contributed by atoms with van der Waals surface area (Å²) in [6.07, 6.45) is 0.920. The van der Waals surface area contributed by atoms with Crippen molar-refractivity contribution in [3.63, 3.8) is 0 Å². The average molecular weight is 288 g/mol. The van der Waals surface area contributed by atoms with E-state index in [4.69, 9.17) is 5.11 Å². The highest BCUT2D eigenvalue weighted by molar-refractivity contribution is 5.96. The summed E-state index contributed by atoms with van der Waals surface area (Å²) < 4.78 is 0. The van der Waals surface area contributed by atoms with Crippen LogP contribution in [0.4, 0.5) is 0 Å². The maximum Gasteiger partial charge on any atom is 0.255 e. The Morgan fingerprint density at radius 3 is 2.52 bits per heavy atom. The second-order valence-corrected chi connectivity index (χ2v) is 5.10. The Morgan fingerprint density at radius 1 is 1.19 bits per heavy atom. The fourth-order valence-electron chi connectivity index (χ4n) is 1.99. The van der Waals surface area contributed by atoms with E-state index in [2.05, 4.69) is 23.7 Å². The summed E-state index contributed by atoms with van der Waals surface area (Å²) in [5.74, 6) is 5.46. The number of nitrogens with zero attached hydrogens (tertiary/aromatic N) is 2. The van der Waals surface area contributed by atoms with Gasteiger partial charge in [-0.15, -0.1) is 0 Å². The van der Waals surface area contributed by atoms with Crippen molar-refractivity contribution < 1.29 is 9.90 Å². The van der Waals surface area contributed by atoms with Crippen molar-refractivity contribution in [1.82, 2.24) is 9.80 Å². The lowest BCUT2D eigenvalue weighted by atomic mass is 10.1. The van der Waals surface area contributed by atoms with Crippen molar-refractivity contribution in [3.05, 3.63) is 35.4 Å². The molecule has 0 unspecified atom stereocenters. The van der Waals surface area contributed by atoms with Crippen molar-refractivity contribution in [2.45, 2.75) is 13.3 Å². The molecule has 0 fully saturated rings. The number of carbonyl (C=O) groups excluding carboxylic acids is 1. The van der Waals surface area contributed by atoms with Gasteiger partial charge in [-0.05, 0) is 32.6 Å². The van der Waals surface area contributed by atoms with Gasteiger partial charge in [-0.25, -0.2) is 0 Å². The minimum Gasteiger partial charge on any atom is -0.384 e. The Kier molecular flexibility index (Phi) is 7.52. The van der Waals surface area contributed by atoms with Crippen molar-refractivity contribution >= 4 is 5.91 Å². The monoisotopic (exact) mass is 288 g/mol. The summed E-state index contributed by atoms with van der Waals surface area (Å²) in [7, 11) is 3.99. The lowest BCUT2D eigenvalue weighted by Gasteiger charge is -2.24. The van der Waals surface area contributed by atoms with Gasteiger partial charge in [0.25, 0.3) is 5.91 Å². The third-order valence-electron chi connectivity index (χ3n) is 3.06. The number of likely N-dealkylation sites (N-methyl/N-ethyl adjacent to an activating group) is 1. The Balaban J connectivity index is 2.97. The van der Waals surface area contributed by atoms with Crippen LogP contribution in [0.25, 0.3) is 0 Å². The summed E-state index contributed by atoms with van der Waals surface area (Å²) >= 11 is 0. The van der Waals surface area contributed by atoms with Crippen molar-refractivity contribution in [1.29, 1.82) is 0 Å². The van der Waals surface area contributed by atoms with Crippen LogP contribution in [0.2, 0.25) is 0 Å². The smallest absolute Gasteiger partial charge is 0.255 e. The fraction of sp³-hybridized carbons (Fsp3) is 0.471. The molecule has 0 aromatic heterocycles. The van der Waals surface area contributed by atoms with Gasteiger partial charge in [0.2, 0.25) is 0 Å². The number of hydrogen-bond donors (Lipinski definition) is 1. The molecule has 0 atom stereocenters. The van der Waals surface area contributed by atoms with E-state index in [0.717, 1.165) is 19.5 Å². The van der Waals surface area contributed by atoms with E-state index in [0.29, 0.717) is 17.7 Å². The van der Waals surface area contributed by atoms with Gasteiger partial charge in [0.1, 0.15) is 6.61 Å². The number of aliphatic hydroxyl groups excluding tert-OH is 1. The molecule has 1 rings (SSSR count). The first-order valence-electron chi connectivity index (χ1n) is 7.23. The van der Waals surface area contributed by atoms with Crippen LogP contribution in [0.5, 0.6) is 0 Å². The first-order chi connectivity index (χ1) is 10.1. The molecule has 0 saturated heterocycles. The van der Waals surface area contributed by atoms with E-state index >= 15 is 0 Å². The molecule has 1 N–H and O–H groups in total. The SMILES string of the molecule is CCCN(CCN(C)C)C(=O)c1ccccc1C#CCO. The van der Waals surface area contributed by atoms with E-state index in [9.17, 15) is 4.79 Å². The summed E-state index contributed by atoms with van der Waals surface area (Å²) in [5.41, 5.74) is 1.27. The van der Waals surface area contributed by atoms with Crippen LogP contribution < -0.4 is 0 Å². The Morgan fingerprint density at radius 2 is 1.90 bits per heavy atom. The van der Waals surface area contributed by atoms with Crippen LogP contribution in [0.1, 0.15) is 29.3 Å². The lowest BCUT2D eigenvalue weighted by molar-refractivity contribution is 0.0744. The Hall–Kier alpha value is -1.83. The van der Waals surface area contributed by atoms with E-state index in [1.165, 1.54) is 0 Å². The maximum atomic E-state index is 12.7. The first-order valence-corrected chi connectivity index (χ1v) is 7.23. The van der Waals surface area contributed by atoms with Gasteiger partial charge in [-0.2, -0.15) is 0 Å². The highest BCUT2D eigenvalue weighted by atomic mass is 16.2. The highest BCUT2D eigenvalue weighted by Crippen LogP contribution is 2.11. The molecule has 0 aliphatic rings. The molecule has 1 amide bonds. The molecule has 114 valence electrons. The molecule has 1 aromatic rings. The molecule has 4 heteroatoms. The van der Waals surface area contributed by atoms with Crippen LogP contribution in [-0.2, 0) is 0 Å². The van der Waals surface area contributed by atoms with Crippen molar-refractivity contribution in [2.24, 2.45) is 0 Å². The normalized spacial score (nSPS) is 10.1. The topological polar surface area (TPSA) is 43.8 Å². The van der Waals surface area contributed by atoms with Gasteiger partial charge in [0.15, 0.2) is 0 Å². The molecule has 0 radical (unpaired) electrons. The highest BCUT2D eigenvalue weighted by Gasteiger charge is 2.17. The molecule has 0 heterocycles. The number of hydrogen-bond acceptors (Lipinski definition) is 3. The van der Waals surface area contributed by atoms with Crippen molar-refractivity contribution in [2.75, 3.05) is 40.3 Å². The van der Waals surface area contributed by atoms with Crippen LogP contribution in [0.3, 0.4) is 0 Å². The molecule has 1 aromatic carbocycles. The molecule has 0 bridgehead atoms. The first kappa shape index (κ1) is 17.2. The van der Waals surface area contributed by atoms with Crippen LogP contribution >= 0.6 is 0 Å². The van der Waals surface area contributed by atoms with E-state index in [1.807, 2.05) is 37.2 Å². The number of rotatable bonds is 6. The summed E-state index contributed by atoms with van der Waals surface area (Å²) in [5, 5.41) is 8.82. The van der Waals surface area contributed by atoms with Crippen LogP contribution in [0.15, 0.2) is 24.3 Å². The van der Waals surface area contributed by atoms with E-state index in [1.54, 1.807) is 6.07 Å². The molecular formula is C17H24N2O2. The van der Waals surface area contributed by atoms with Gasteiger partial charge in [-0.1, -0.05) is 30.9 Å². The summed E-state index contributed by atoms with van der Waals surface area (Å²) in [4.78, 5) is 16.6. The van der Waals surface area contributed by atoms with Gasteiger partial charge in [-0.3, -0.25) is 4.79 Å². The maximum absolute atomic E-state index is 12.7. The molecular weight excluding hydrogens is 264 g/mol. The lowest BCUT2D eigenvalue weighted by Crippen LogP contribution is -2.37. The minimum atomic E-state index is -0.207. The number of benzene rings is 1. The third kappa shape index (κ3) is 5.58. The zero-order valence-electron chi connectivity index (χ0n) is 13.1. The van der Waals surface area contributed by atoms with Crippen LogP contribution in [-0.4, -0.2) is 61.2 Å².